The van der Waals surface area contributed by atoms with Gasteiger partial charge in [-0.05, 0) is 29.8 Å². The molecule has 2 heterocycles. The number of rotatable bonds is 3. The molecule has 0 saturated heterocycles. The maximum Gasteiger partial charge on any atom is 0.281 e. The molecule has 0 unspecified atom stereocenters. The monoisotopic (exact) mass is 313 g/mol. The number of aromatic nitrogens is 3. The fourth-order valence-corrected chi connectivity index (χ4v) is 2.86. The Balaban J connectivity index is 2.00. The molecule has 0 bridgehead atoms. The van der Waals surface area contributed by atoms with E-state index in [-0.39, 0.29) is 5.56 Å². The van der Waals surface area contributed by atoms with Gasteiger partial charge in [0.05, 0.1) is 10.9 Å². The van der Waals surface area contributed by atoms with E-state index in [2.05, 4.69) is 26.7 Å². The lowest BCUT2D eigenvalue weighted by molar-refractivity contribution is 0.809. The van der Waals surface area contributed by atoms with E-state index in [0.29, 0.717) is 17.8 Å². The predicted octanol–water partition coefficient (Wildman–Crippen LogP) is 3.51. The smallest absolute Gasteiger partial charge is 0.281 e. The second kappa shape index (κ2) is 6.08. The number of benzene rings is 2. The maximum absolute atomic E-state index is 12.4. The van der Waals surface area contributed by atoms with Crippen molar-refractivity contribution in [3.8, 4) is 11.4 Å². The molecule has 0 atom stereocenters. The highest BCUT2D eigenvalue weighted by Crippen LogP contribution is 2.21. The number of nitrogens with zero attached hydrogens (tertiary/aromatic N) is 3. The standard InChI is InChI=1S/C20H15N3O/c24-20-17-10-4-5-11-18(17)23(14-15-7-2-1-3-8-15)19(22-20)16-9-6-12-21-13-16/h1-13H,14H2. The molecular weight excluding hydrogens is 298 g/mol. The molecule has 2 aromatic carbocycles. The van der Waals surface area contributed by atoms with Crippen LogP contribution >= 0.6 is 0 Å². The van der Waals surface area contributed by atoms with Crippen molar-refractivity contribution in [2.75, 3.05) is 0 Å². The lowest BCUT2D eigenvalue weighted by Gasteiger charge is -2.16. The first-order valence-electron chi connectivity index (χ1n) is 7.77. The van der Waals surface area contributed by atoms with E-state index < -0.39 is 0 Å². The SMILES string of the molecule is O=c1nc(-c2cccnc2)n(Cc2ccccc2)c2ccccc12. The van der Waals surface area contributed by atoms with Crippen molar-refractivity contribution in [3.05, 3.63) is 95.0 Å². The number of fused-ring (bicyclic) bond motifs is 1. The van der Waals surface area contributed by atoms with Gasteiger partial charge in [-0.25, -0.2) is 0 Å². The Bertz CT molecular complexity index is 1040. The molecule has 0 radical (unpaired) electrons. The molecule has 24 heavy (non-hydrogen) atoms. The van der Waals surface area contributed by atoms with E-state index in [0.717, 1.165) is 16.6 Å². The minimum Gasteiger partial charge on any atom is -0.320 e. The van der Waals surface area contributed by atoms with E-state index in [9.17, 15) is 4.79 Å². The molecule has 2 aromatic heterocycles. The molecule has 0 aliphatic carbocycles. The van der Waals surface area contributed by atoms with Crippen LogP contribution in [0, 0.1) is 0 Å². The van der Waals surface area contributed by atoms with Crippen molar-refractivity contribution in [2.24, 2.45) is 0 Å². The highest BCUT2D eigenvalue weighted by molar-refractivity contribution is 5.80. The number of hydrogen-bond acceptors (Lipinski definition) is 3. The quantitative estimate of drug-likeness (QED) is 0.581. The van der Waals surface area contributed by atoms with Gasteiger partial charge >= 0.3 is 0 Å². The largest absolute Gasteiger partial charge is 0.320 e. The van der Waals surface area contributed by atoms with Crippen molar-refractivity contribution in [2.45, 2.75) is 6.54 Å². The van der Waals surface area contributed by atoms with Crippen molar-refractivity contribution in [1.29, 1.82) is 0 Å². The molecule has 4 rings (SSSR count). The van der Waals surface area contributed by atoms with Crippen LogP contribution in [0.2, 0.25) is 0 Å². The second-order valence-electron chi connectivity index (χ2n) is 5.57. The molecule has 0 saturated carbocycles. The Hall–Kier alpha value is -3.27. The van der Waals surface area contributed by atoms with Gasteiger partial charge in [-0.15, -0.1) is 0 Å². The summed E-state index contributed by atoms with van der Waals surface area (Å²) < 4.78 is 2.07. The number of pyridine rings is 1. The summed E-state index contributed by atoms with van der Waals surface area (Å²) in [6.45, 7) is 0.638. The first-order chi connectivity index (χ1) is 11.8. The molecule has 0 aliphatic heterocycles. The summed E-state index contributed by atoms with van der Waals surface area (Å²) in [6.07, 6.45) is 3.45. The third kappa shape index (κ3) is 2.58. The van der Waals surface area contributed by atoms with E-state index in [4.69, 9.17) is 0 Å². The van der Waals surface area contributed by atoms with Crippen molar-refractivity contribution < 1.29 is 0 Å². The molecular formula is C20H15N3O. The minimum atomic E-state index is -0.214. The summed E-state index contributed by atoms with van der Waals surface area (Å²) in [4.78, 5) is 20.9. The van der Waals surface area contributed by atoms with Crippen LogP contribution in [-0.2, 0) is 6.54 Å². The fraction of sp³-hybridized carbons (Fsp3) is 0.0500. The highest BCUT2D eigenvalue weighted by atomic mass is 16.1. The Morgan fingerprint density at radius 1 is 0.875 bits per heavy atom. The summed E-state index contributed by atoms with van der Waals surface area (Å²) in [5.41, 5.74) is 2.64. The van der Waals surface area contributed by atoms with Gasteiger partial charge in [-0.2, -0.15) is 4.98 Å². The summed E-state index contributed by atoms with van der Waals surface area (Å²) in [7, 11) is 0. The van der Waals surface area contributed by atoms with Crippen LogP contribution in [0.5, 0.6) is 0 Å². The van der Waals surface area contributed by atoms with Gasteiger partial charge in [0.25, 0.3) is 5.56 Å². The van der Waals surface area contributed by atoms with Gasteiger partial charge in [0.1, 0.15) is 5.82 Å². The predicted molar refractivity (Wildman–Crippen MR) is 94.8 cm³/mol. The summed E-state index contributed by atoms with van der Waals surface area (Å²) in [5.74, 6) is 0.635. The van der Waals surface area contributed by atoms with E-state index in [1.54, 1.807) is 12.4 Å². The van der Waals surface area contributed by atoms with E-state index in [1.165, 1.54) is 0 Å². The van der Waals surface area contributed by atoms with Crippen LogP contribution in [-0.4, -0.2) is 14.5 Å². The molecule has 4 heteroatoms. The fourth-order valence-electron chi connectivity index (χ4n) is 2.86. The first kappa shape index (κ1) is 14.3. The molecule has 0 spiro atoms. The maximum atomic E-state index is 12.4. The Morgan fingerprint density at radius 3 is 2.46 bits per heavy atom. The average molecular weight is 313 g/mol. The third-order valence-corrected chi connectivity index (χ3v) is 3.99. The van der Waals surface area contributed by atoms with Gasteiger partial charge in [0, 0.05) is 24.5 Å². The average Bonchev–Trinajstić information content (AvgIpc) is 2.65. The summed E-state index contributed by atoms with van der Waals surface area (Å²) in [6, 6.07) is 21.5. The normalized spacial score (nSPS) is 10.8. The molecule has 0 N–H and O–H groups in total. The van der Waals surface area contributed by atoms with Gasteiger partial charge in [-0.3, -0.25) is 9.78 Å². The molecule has 0 aliphatic rings. The Kier molecular flexibility index (Phi) is 3.63. The van der Waals surface area contributed by atoms with Gasteiger partial charge in [0.2, 0.25) is 0 Å². The van der Waals surface area contributed by atoms with Crippen LogP contribution in [0.3, 0.4) is 0 Å². The van der Waals surface area contributed by atoms with Gasteiger partial charge in [0.15, 0.2) is 0 Å². The summed E-state index contributed by atoms with van der Waals surface area (Å²) in [5, 5.41) is 0.626. The zero-order valence-electron chi connectivity index (χ0n) is 13.0. The zero-order valence-corrected chi connectivity index (χ0v) is 13.0. The summed E-state index contributed by atoms with van der Waals surface area (Å²) >= 11 is 0. The van der Waals surface area contributed by atoms with Gasteiger partial charge < -0.3 is 4.57 Å². The van der Waals surface area contributed by atoms with Crippen molar-refractivity contribution >= 4 is 10.9 Å². The van der Waals surface area contributed by atoms with Crippen LogP contribution < -0.4 is 5.56 Å². The molecule has 4 aromatic rings. The van der Waals surface area contributed by atoms with E-state index in [1.807, 2.05) is 54.6 Å². The second-order valence-corrected chi connectivity index (χ2v) is 5.57. The molecule has 0 fully saturated rings. The van der Waals surface area contributed by atoms with Crippen LogP contribution in [0.1, 0.15) is 5.56 Å². The van der Waals surface area contributed by atoms with Crippen LogP contribution in [0.15, 0.2) is 83.9 Å². The Labute approximate surface area is 139 Å². The van der Waals surface area contributed by atoms with Crippen molar-refractivity contribution in [3.63, 3.8) is 0 Å². The number of para-hydroxylation sites is 1. The first-order valence-corrected chi connectivity index (χ1v) is 7.77. The molecule has 0 amide bonds. The third-order valence-electron chi connectivity index (χ3n) is 3.99. The lowest BCUT2D eigenvalue weighted by atomic mass is 10.1. The topological polar surface area (TPSA) is 47.8 Å². The molecule has 4 nitrogen and oxygen atoms in total. The zero-order chi connectivity index (χ0) is 16.4. The Morgan fingerprint density at radius 2 is 1.67 bits per heavy atom. The van der Waals surface area contributed by atoms with Crippen molar-refractivity contribution in [1.82, 2.24) is 14.5 Å². The number of hydrogen-bond donors (Lipinski definition) is 0. The molecule has 116 valence electrons. The minimum absolute atomic E-state index is 0.214. The van der Waals surface area contributed by atoms with Gasteiger partial charge in [-0.1, -0.05) is 42.5 Å². The van der Waals surface area contributed by atoms with E-state index >= 15 is 0 Å². The van der Waals surface area contributed by atoms with Crippen LogP contribution in [0.4, 0.5) is 0 Å². The highest BCUT2D eigenvalue weighted by Gasteiger charge is 2.12. The van der Waals surface area contributed by atoms with Crippen LogP contribution in [0.25, 0.3) is 22.3 Å². The lowest BCUT2D eigenvalue weighted by Crippen LogP contribution is -2.17.